The third-order valence-electron chi connectivity index (χ3n) is 4.28. The number of halogens is 1. The zero-order valence-corrected chi connectivity index (χ0v) is 16.9. The zero-order valence-electron chi connectivity index (χ0n) is 16.1. The average Bonchev–Trinajstić information content (AvgIpc) is 2.52. The number of rotatable bonds is 8. The number of nitrogens with zero attached hydrogens (tertiary/aromatic N) is 1. The third kappa shape index (κ3) is 7.04. The minimum atomic E-state index is -0.650. The quantitative estimate of drug-likeness (QED) is 0.692. The normalized spacial score (nSPS) is 14.4. The van der Waals surface area contributed by atoms with Gasteiger partial charge in [-0.25, -0.2) is 0 Å². The minimum absolute atomic E-state index is 0. The van der Waals surface area contributed by atoms with E-state index in [0.717, 1.165) is 12.0 Å². The van der Waals surface area contributed by atoms with Crippen LogP contribution in [-0.2, 0) is 15.0 Å². The summed E-state index contributed by atoms with van der Waals surface area (Å²) >= 11 is 0. The molecule has 0 aliphatic rings. The Morgan fingerprint density at radius 3 is 2.16 bits per heavy atom. The summed E-state index contributed by atoms with van der Waals surface area (Å²) in [4.78, 5) is 26.7. The molecule has 1 aromatic rings. The summed E-state index contributed by atoms with van der Waals surface area (Å²) in [5.41, 5.74) is 0.321. The van der Waals surface area contributed by atoms with Crippen molar-refractivity contribution in [1.29, 1.82) is 0 Å². The van der Waals surface area contributed by atoms with E-state index in [0.29, 0.717) is 5.92 Å². The van der Waals surface area contributed by atoms with E-state index in [-0.39, 0.29) is 36.9 Å². The Hall–Kier alpha value is -1.59. The Kier molecular flexibility index (Phi) is 9.75. The highest BCUT2D eigenvalue weighted by Gasteiger charge is 2.35. The molecule has 0 aliphatic carbocycles. The smallest absolute Gasteiger partial charge is 0.240 e. The van der Waals surface area contributed by atoms with E-state index in [1.807, 2.05) is 63.2 Å². The summed E-state index contributed by atoms with van der Waals surface area (Å²) in [6.45, 7) is 8.02. The van der Waals surface area contributed by atoms with Crippen LogP contribution in [0, 0.1) is 5.92 Å². The molecule has 1 aromatic carbocycles. The number of amides is 2. The first-order valence-corrected chi connectivity index (χ1v) is 8.46. The molecule has 0 aliphatic heterocycles. The highest BCUT2D eigenvalue weighted by molar-refractivity contribution is 5.91. The van der Waals surface area contributed by atoms with Crippen LogP contribution in [0.15, 0.2) is 30.3 Å². The number of carbonyl (C=O) groups is 2. The van der Waals surface area contributed by atoms with Crippen LogP contribution < -0.4 is 10.6 Å². The van der Waals surface area contributed by atoms with Crippen LogP contribution in [0.2, 0.25) is 0 Å². The van der Waals surface area contributed by atoms with Crippen molar-refractivity contribution >= 4 is 24.2 Å². The molecule has 0 heterocycles. The van der Waals surface area contributed by atoms with Crippen LogP contribution in [0.4, 0.5) is 0 Å². The molecular formula is C19H32ClN3O2. The molecule has 2 atom stereocenters. The number of benzene rings is 1. The lowest BCUT2D eigenvalue weighted by Crippen LogP contribution is -2.49. The van der Waals surface area contributed by atoms with Crippen molar-refractivity contribution in [3.05, 3.63) is 35.9 Å². The summed E-state index contributed by atoms with van der Waals surface area (Å²) in [5, 5.41) is 5.64. The Morgan fingerprint density at radius 2 is 1.68 bits per heavy atom. The molecule has 1 rings (SSSR count). The summed E-state index contributed by atoms with van der Waals surface area (Å²) in [7, 11) is 3.78. The molecule has 5 nitrogen and oxygen atoms in total. The van der Waals surface area contributed by atoms with Crippen molar-refractivity contribution in [2.24, 2.45) is 5.92 Å². The van der Waals surface area contributed by atoms with Crippen molar-refractivity contribution in [2.45, 2.75) is 45.7 Å². The van der Waals surface area contributed by atoms with Crippen molar-refractivity contribution in [1.82, 2.24) is 15.5 Å². The Labute approximate surface area is 158 Å². The number of carbonyl (C=O) groups excluding carboxylic acids is 2. The van der Waals surface area contributed by atoms with Gasteiger partial charge in [0.2, 0.25) is 11.8 Å². The maximum absolute atomic E-state index is 12.8. The highest BCUT2D eigenvalue weighted by Crippen LogP contribution is 2.31. The molecule has 0 saturated heterocycles. The van der Waals surface area contributed by atoms with E-state index in [4.69, 9.17) is 0 Å². The first-order valence-electron chi connectivity index (χ1n) is 8.46. The summed E-state index contributed by atoms with van der Waals surface area (Å²) in [5.74, 6) is 0.0584. The van der Waals surface area contributed by atoms with Crippen molar-refractivity contribution in [3.63, 3.8) is 0 Å². The van der Waals surface area contributed by atoms with Crippen molar-refractivity contribution in [3.8, 4) is 0 Å². The van der Waals surface area contributed by atoms with E-state index in [1.165, 1.54) is 0 Å². The summed E-state index contributed by atoms with van der Waals surface area (Å²) in [6, 6.07) is 9.75. The molecule has 142 valence electrons. The second-order valence-corrected chi connectivity index (χ2v) is 7.19. The van der Waals surface area contributed by atoms with Gasteiger partial charge in [-0.15, -0.1) is 12.4 Å². The van der Waals surface area contributed by atoms with E-state index in [9.17, 15) is 9.59 Å². The zero-order chi connectivity index (χ0) is 18.3. The molecule has 0 spiro atoms. The molecule has 0 saturated carbocycles. The monoisotopic (exact) mass is 369 g/mol. The SMILES string of the molecule is CC(C)CC(C)(C(=O)NCC(=O)NC(C)N(C)C)c1ccccc1.Cl. The summed E-state index contributed by atoms with van der Waals surface area (Å²) in [6.07, 6.45) is 0.643. The first-order chi connectivity index (χ1) is 11.2. The van der Waals surface area contributed by atoms with E-state index < -0.39 is 5.41 Å². The number of nitrogens with one attached hydrogen (secondary N) is 2. The Morgan fingerprint density at radius 1 is 1.12 bits per heavy atom. The second-order valence-electron chi connectivity index (χ2n) is 7.19. The fourth-order valence-corrected chi connectivity index (χ4v) is 2.73. The molecule has 0 radical (unpaired) electrons. The molecule has 0 aromatic heterocycles. The van der Waals surface area contributed by atoms with Gasteiger partial charge in [-0.1, -0.05) is 44.2 Å². The highest BCUT2D eigenvalue weighted by atomic mass is 35.5. The van der Waals surface area contributed by atoms with Crippen molar-refractivity contribution < 1.29 is 9.59 Å². The predicted molar refractivity (Wildman–Crippen MR) is 105 cm³/mol. The van der Waals surface area contributed by atoms with Gasteiger partial charge in [-0.2, -0.15) is 0 Å². The Bertz CT molecular complexity index is 549. The fourth-order valence-electron chi connectivity index (χ4n) is 2.73. The van der Waals surface area contributed by atoms with E-state index in [2.05, 4.69) is 24.5 Å². The van der Waals surface area contributed by atoms with Gasteiger partial charge >= 0.3 is 0 Å². The van der Waals surface area contributed by atoms with E-state index in [1.54, 1.807) is 0 Å². The van der Waals surface area contributed by atoms with E-state index >= 15 is 0 Å². The molecule has 2 amide bonds. The lowest BCUT2D eigenvalue weighted by Gasteiger charge is -2.31. The van der Waals surface area contributed by atoms with Crippen molar-refractivity contribution in [2.75, 3.05) is 20.6 Å². The van der Waals surface area contributed by atoms with Gasteiger partial charge in [0, 0.05) is 0 Å². The van der Waals surface area contributed by atoms with Gasteiger partial charge < -0.3 is 10.6 Å². The van der Waals surface area contributed by atoms with Gasteiger partial charge in [0.25, 0.3) is 0 Å². The fraction of sp³-hybridized carbons (Fsp3) is 0.579. The van der Waals surface area contributed by atoms with Crippen LogP contribution in [0.3, 0.4) is 0 Å². The van der Waals surface area contributed by atoms with Gasteiger partial charge in [-0.05, 0) is 45.8 Å². The minimum Gasteiger partial charge on any atom is -0.346 e. The molecule has 0 fully saturated rings. The lowest BCUT2D eigenvalue weighted by atomic mass is 9.75. The van der Waals surface area contributed by atoms with Crippen LogP contribution in [0.1, 0.15) is 39.7 Å². The number of hydrogen-bond acceptors (Lipinski definition) is 3. The topological polar surface area (TPSA) is 61.4 Å². The van der Waals surface area contributed by atoms with Gasteiger partial charge in [0.05, 0.1) is 18.1 Å². The second kappa shape index (κ2) is 10.4. The van der Waals surface area contributed by atoms with Crippen LogP contribution in [0.5, 0.6) is 0 Å². The maximum atomic E-state index is 12.8. The van der Waals surface area contributed by atoms with Gasteiger partial charge in [-0.3, -0.25) is 14.5 Å². The molecule has 0 bridgehead atoms. The molecule has 2 unspecified atom stereocenters. The maximum Gasteiger partial charge on any atom is 0.240 e. The van der Waals surface area contributed by atoms with Gasteiger partial charge in [0.15, 0.2) is 0 Å². The van der Waals surface area contributed by atoms with Crippen LogP contribution >= 0.6 is 12.4 Å². The number of hydrogen-bond donors (Lipinski definition) is 2. The largest absolute Gasteiger partial charge is 0.346 e. The summed E-state index contributed by atoms with van der Waals surface area (Å²) < 4.78 is 0. The molecule has 25 heavy (non-hydrogen) atoms. The van der Waals surface area contributed by atoms with Crippen LogP contribution in [0.25, 0.3) is 0 Å². The molecule has 2 N–H and O–H groups in total. The molecular weight excluding hydrogens is 338 g/mol. The lowest BCUT2D eigenvalue weighted by molar-refractivity contribution is -0.130. The Balaban J connectivity index is 0.00000576. The first kappa shape index (κ1) is 23.4. The predicted octanol–water partition coefficient (Wildman–Crippen LogP) is 2.55. The van der Waals surface area contributed by atoms with Crippen LogP contribution in [-0.4, -0.2) is 43.5 Å². The average molecular weight is 370 g/mol. The molecule has 6 heteroatoms. The standard InChI is InChI=1S/C19H31N3O2.ClH/c1-14(2)12-19(4,16-10-8-7-9-11-16)18(24)20-13-17(23)21-15(3)22(5)6;/h7-11,14-15H,12-13H2,1-6H3,(H,20,24)(H,21,23);1H. The third-order valence-corrected chi connectivity index (χ3v) is 4.28. The van der Waals surface area contributed by atoms with Gasteiger partial charge in [0.1, 0.15) is 0 Å².